The van der Waals surface area contributed by atoms with Crippen molar-refractivity contribution in [2.24, 2.45) is 11.8 Å². The molecule has 11 rings (SSSR count). The standard InChI is InChI=1S/C40H38Cl2FN9O3/c1-20-27-15-32(31-14-25(19-50(31)39(53)21-7-8-21)51-18-24(47-48-51)17-49-10-11-55-40(49)54)52(37-23-13-30(37)45-16-23)38(27)28-12-22(4-3-9-44)33(35(43)36(28)46-20)26-5-2-6-29(41)34(26)42/h2,5-6,12,15,18,21,23,25,30-31,37,45H,3-4,7-8,10-11,13-14,16-17,19H2,1H3. The molecule has 6 aliphatic rings. The number of aromatic nitrogens is 5. The Hall–Kier alpha value is -4.77. The minimum atomic E-state index is -0.501. The third kappa shape index (κ3) is 5.58. The first-order valence-electron chi connectivity index (χ1n) is 19.0. The van der Waals surface area contributed by atoms with Crippen molar-refractivity contribution in [3.63, 3.8) is 0 Å². The number of likely N-dealkylation sites (tertiary alicyclic amines) is 1. The Balaban J connectivity index is 1.14. The molecule has 2 bridgehead atoms. The number of hydrogen-bond donors (Lipinski definition) is 1. The molecule has 5 aromatic rings. The van der Waals surface area contributed by atoms with E-state index in [-0.39, 0.29) is 59.0 Å². The molecule has 5 unspecified atom stereocenters. The number of fused-ring (bicyclic) bond motifs is 4. The first-order chi connectivity index (χ1) is 26.7. The maximum absolute atomic E-state index is 17.3. The van der Waals surface area contributed by atoms with Gasteiger partial charge in [-0.25, -0.2) is 18.9 Å². The minimum Gasteiger partial charge on any atom is -0.448 e. The van der Waals surface area contributed by atoms with Gasteiger partial charge in [0.05, 0.1) is 59.0 Å². The summed E-state index contributed by atoms with van der Waals surface area (Å²) in [6, 6.07) is 11.5. The highest BCUT2D eigenvalue weighted by Crippen LogP contribution is 2.52. The Kier molecular flexibility index (Phi) is 8.31. The second-order valence-electron chi connectivity index (χ2n) is 15.7. The van der Waals surface area contributed by atoms with Crippen molar-refractivity contribution >= 4 is 57.0 Å². The van der Waals surface area contributed by atoms with Crippen molar-refractivity contribution < 1.29 is 18.7 Å². The highest BCUT2D eigenvalue weighted by atomic mass is 35.5. The molecule has 6 fully saturated rings. The summed E-state index contributed by atoms with van der Waals surface area (Å²) in [7, 11) is 0. The van der Waals surface area contributed by atoms with E-state index in [9.17, 15) is 14.9 Å². The lowest BCUT2D eigenvalue weighted by Gasteiger charge is -2.39. The molecule has 1 N–H and O–H groups in total. The minimum absolute atomic E-state index is 0.00544. The molecule has 3 aromatic heterocycles. The Bertz CT molecular complexity index is 2460. The van der Waals surface area contributed by atoms with Crippen LogP contribution in [0.1, 0.15) is 72.9 Å². The van der Waals surface area contributed by atoms with E-state index in [1.165, 1.54) is 0 Å². The molecular weight excluding hydrogens is 744 g/mol. The van der Waals surface area contributed by atoms with Gasteiger partial charge >= 0.3 is 6.09 Å². The number of amides is 2. The fourth-order valence-electron chi connectivity index (χ4n) is 9.52. The number of hydrogen-bond acceptors (Lipinski definition) is 8. The highest BCUT2D eigenvalue weighted by Gasteiger charge is 2.51. The number of nitrogens with zero attached hydrogens (tertiary/aromatic N) is 8. The Morgan fingerprint density at radius 1 is 1.18 bits per heavy atom. The zero-order chi connectivity index (χ0) is 37.7. The monoisotopic (exact) mass is 781 g/mol. The number of halogens is 3. The molecule has 12 nitrogen and oxygen atoms in total. The van der Waals surface area contributed by atoms with Gasteiger partial charge in [0.1, 0.15) is 17.8 Å². The van der Waals surface area contributed by atoms with Crippen molar-refractivity contribution in [1.29, 1.82) is 5.26 Å². The van der Waals surface area contributed by atoms with Crippen LogP contribution in [0.2, 0.25) is 10.0 Å². The molecule has 4 saturated heterocycles. The molecule has 282 valence electrons. The Labute approximate surface area is 326 Å². The van der Waals surface area contributed by atoms with E-state index in [1.807, 2.05) is 28.8 Å². The van der Waals surface area contributed by atoms with Crippen molar-refractivity contribution in [2.75, 3.05) is 26.2 Å². The number of pyridine rings is 1. The molecule has 15 heteroatoms. The quantitative estimate of drug-likeness (QED) is 0.168. The van der Waals surface area contributed by atoms with Crippen molar-refractivity contribution in [3.8, 4) is 17.2 Å². The molecule has 2 saturated carbocycles. The fourth-order valence-corrected chi connectivity index (χ4v) is 9.92. The van der Waals surface area contributed by atoms with Gasteiger partial charge in [-0.2, -0.15) is 5.26 Å². The van der Waals surface area contributed by atoms with E-state index < -0.39 is 5.82 Å². The lowest BCUT2D eigenvalue weighted by molar-refractivity contribution is -0.133. The summed E-state index contributed by atoms with van der Waals surface area (Å²) < 4.78 is 26.6. The number of rotatable bonds is 9. The van der Waals surface area contributed by atoms with Crippen molar-refractivity contribution in [3.05, 3.63) is 75.0 Å². The van der Waals surface area contributed by atoms with Gasteiger partial charge in [0, 0.05) is 64.8 Å². The molecule has 55 heavy (non-hydrogen) atoms. The van der Waals surface area contributed by atoms with Crippen LogP contribution in [-0.2, 0) is 22.5 Å². The fraction of sp³-hybridized carbons (Fsp3) is 0.450. The number of ether oxygens (including phenoxy) is 1. The lowest BCUT2D eigenvalue weighted by atomic mass is 9.79. The third-order valence-corrected chi connectivity index (χ3v) is 13.2. The average molecular weight is 783 g/mol. The number of nitrogens with one attached hydrogen (secondary N) is 1. The predicted molar refractivity (Wildman–Crippen MR) is 203 cm³/mol. The molecule has 0 radical (unpaired) electrons. The number of cyclic esters (lactones) is 1. The number of aryl methyl sites for hydroxylation is 2. The van der Waals surface area contributed by atoms with Crippen LogP contribution in [-0.4, -0.2) is 78.6 Å². The highest BCUT2D eigenvalue weighted by molar-refractivity contribution is 6.43. The zero-order valence-corrected chi connectivity index (χ0v) is 31.7. The summed E-state index contributed by atoms with van der Waals surface area (Å²) in [4.78, 5) is 34.8. The molecule has 7 heterocycles. The smallest absolute Gasteiger partial charge is 0.410 e. The van der Waals surface area contributed by atoms with Gasteiger partial charge in [0.15, 0.2) is 5.82 Å². The largest absolute Gasteiger partial charge is 0.448 e. The number of benzene rings is 2. The maximum Gasteiger partial charge on any atom is 0.410 e. The summed E-state index contributed by atoms with van der Waals surface area (Å²) >= 11 is 13.1. The number of carbonyl (C=O) groups excluding carboxylic acids is 2. The van der Waals surface area contributed by atoms with Gasteiger partial charge in [-0.3, -0.25) is 9.69 Å². The molecular formula is C40H38Cl2FN9O3. The van der Waals surface area contributed by atoms with Crippen molar-refractivity contribution in [2.45, 2.75) is 76.2 Å². The molecule has 2 amide bonds. The number of carbonyl (C=O) groups is 2. The SMILES string of the molecule is Cc1nc2c(F)c(-c3cccc(Cl)c3Cl)c(CCC#N)cc2c2c1cc(C1CC(n3cc(CN4CCOC4=O)nn3)CN1C(=O)C1CC1)n2C1C2CNC1C2. The second-order valence-corrected chi connectivity index (χ2v) is 16.5. The van der Waals surface area contributed by atoms with Gasteiger partial charge in [-0.05, 0) is 68.7 Å². The van der Waals surface area contributed by atoms with Gasteiger partial charge in [0.2, 0.25) is 5.91 Å². The van der Waals surface area contributed by atoms with Crippen LogP contribution < -0.4 is 5.32 Å². The van der Waals surface area contributed by atoms with Crippen LogP contribution in [0.25, 0.3) is 32.9 Å². The topological polar surface area (TPSA) is 134 Å². The first-order valence-corrected chi connectivity index (χ1v) is 19.8. The summed E-state index contributed by atoms with van der Waals surface area (Å²) in [6.07, 6.45) is 5.44. The molecule has 2 aromatic carbocycles. The Morgan fingerprint density at radius 3 is 2.76 bits per heavy atom. The Morgan fingerprint density at radius 2 is 2.04 bits per heavy atom. The lowest BCUT2D eigenvalue weighted by Crippen LogP contribution is -2.41. The summed E-state index contributed by atoms with van der Waals surface area (Å²) in [5.74, 6) is 0.0344. The summed E-state index contributed by atoms with van der Waals surface area (Å²) in [5, 5.41) is 24.4. The first kappa shape index (κ1) is 34.7. The van der Waals surface area contributed by atoms with Crippen LogP contribution in [0.4, 0.5) is 9.18 Å². The van der Waals surface area contributed by atoms with Crippen LogP contribution in [0.5, 0.6) is 0 Å². The van der Waals surface area contributed by atoms with Crippen LogP contribution in [0, 0.1) is 35.9 Å². The van der Waals surface area contributed by atoms with E-state index in [0.717, 1.165) is 42.4 Å². The van der Waals surface area contributed by atoms with Crippen LogP contribution >= 0.6 is 23.2 Å². The van der Waals surface area contributed by atoms with E-state index in [1.54, 1.807) is 23.1 Å². The third-order valence-electron chi connectivity index (χ3n) is 12.4. The summed E-state index contributed by atoms with van der Waals surface area (Å²) in [6.45, 7) is 4.45. The normalized spacial score (nSPS) is 24.6. The zero-order valence-electron chi connectivity index (χ0n) is 30.1. The van der Waals surface area contributed by atoms with Crippen molar-refractivity contribution in [1.82, 2.24) is 39.7 Å². The average Bonchev–Trinajstić information content (AvgIpc) is 3.79. The van der Waals surface area contributed by atoms with Gasteiger partial charge in [-0.15, -0.1) is 5.10 Å². The second kappa shape index (κ2) is 13.2. The van der Waals surface area contributed by atoms with E-state index in [4.69, 9.17) is 32.9 Å². The number of nitriles is 1. The van der Waals surface area contributed by atoms with Gasteiger partial charge < -0.3 is 19.5 Å². The molecule has 2 aliphatic carbocycles. The van der Waals surface area contributed by atoms with E-state index >= 15 is 4.39 Å². The van der Waals surface area contributed by atoms with Gasteiger partial charge in [-0.1, -0.05) is 40.5 Å². The molecule has 5 atom stereocenters. The predicted octanol–water partition coefficient (Wildman–Crippen LogP) is 7.07. The van der Waals surface area contributed by atoms with Crippen LogP contribution in [0.3, 0.4) is 0 Å². The van der Waals surface area contributed by atoms with E-state index in [2.05, 4.69) is 32.3 Å². The summed E-state index contributed by atoms with van der Waals surface area (Å²) in [5.41, 5.74) is 4.90. The molecule has 4 aliphatic heterocycles. The van der Waals surface area contributed by atoms with E-state index in [0.29, 0.717) is 83.5 Å². The molecule has 0 spiro atoms. The van der Waals surface area contributed by atoms with Crippen LogP contribution in [0.15, 0.2) is 36.5 Å². The maximum atomic E-state index is 17.3. The van der Waals surface area contributed by atoms with Gasteiger partial charge in [0.25, 0.3) is 0 Å².